The molecule has 3 rings (SSSR count). The molecule has 21 heavy (non-hydrogen) atoms. The summed E-state index contributed by atoms with van der Waals surface area (Å²) in [5, 5.41) is 2.97. The average molecular weight is 299 g/mol. The summed E-state index contributed by atoms with van der Waals surface area (Å²) in [6.07, 6.45) is 2.08. The number of aromatic nitrogens is 1. The first-order valence-corrected chi connectivity index (χ1v) is 7.84. The first-order chi connectivity index (χ1) is 10.1. The Morgan fingerprint density at radius 2 is 2.10 bits per heavy atom. The number of carbonyl (C=O) groups is 1. The number of hydrogen-bond acceptors (Lipinski definition) is 3. The Bertz CT molecular complexity index is 756. The minimum Gasteiger partial charge on any atom is -0.490 e. The van der Waals surface area contributed by atoms with Crippen molar-refractivity contribution in [1.82, 2.24) is 4.57 Å². The number of benzene rings is 1. The molecular weight excluding hydrogens is 282 g/mol. The van der Waals surface area contributed by atoms with Crippen LogP contribution >= 0.6 is 11.3 Å². The molecule has 0 aliphatic rings. The third kappa shape index (κ3) is 2.85. The SMILES string of the molecule is CC(C)Oc1cccc2c1ccn2CC(=O)c1cccs1. The Hall–Kier alpha value is -2.07. The molecule has 0 radical (unpaired) electrons. The maximum absolute atomic E-state index is 12.2. The molecule has 3 aromatic rings. The summed E-state index contributed by atoms with van der Waals surface area (Å²) in [6.45, 7) is 4.38. The van der Waals surface area contributed by atoms with Gasteiger partial charge in [-0.15, -0.1) is 11.3 Å². The Labute approximate surface area is 127 Å². The van der Waals surface area contributed by atoms with Gasteiger partial charge in [0, 0.05) is 11.6 Å². The van der Waals surface area contributed by atoms with E-state index in [1.165, 1.54) is 11.3 Å². The predicted octanol–water partition coefficient (Wildman–Crippen LogP) is 4.37. The summed E-state index contributed by atoms with van der Waals surface area (Å²) in [5.74, 6) is 1.00. The molecule has 0 spiro atoms. The van der Waals surface area contributed by atoms with Gasteiger partial charge in [-0.2, -0.15) is 0 Å². The van der Waals surface area contributed by atoms with Crippen molar-refractivity contribution < 1.29 is 9.53 Å². The van der Waals surface area contributed by atoms with Crippen molar-refractivity contribution in [2.75, 3.05) is 0 Å². The smallest absolute Gasteiger partial charge is 0.192 e. The lowest BCUT2D eigenvalue weighted by molar-refractivity contribution is 0.0977. The van der Waals surface area contributed by atoms with Crippen LogP contribution in [0.5, 0.6) is 5.75 Å². The monoisotopic (exact) mass is 299 g/mol. The van der Waals surface area contributed by atoms with Crippen molar-refractivity contribution in [2.24, 2.45) is 0 Å². The molecule has 0 saturated carbocycles. The van der Waals surface area contributed by atoms with E-state index in [9.17, 15) is 4.79 Å². The molecule has 0 atom stereocenters. The molecule has 0 aliphatic heterocycles. The van der Waals surface area contributed by atoms with Crippen molar-refractivity contribution in [3.05, 3.63) is 52.9 Å². The molecule has 3 nitrogen and oxygen atoms in total. The zero-order valence-corrected chi connectivity index (χ0v) is 12.9. The highest BCUT2D eigenvalue weighted by Gasteiger charge is 2.12. The van der Waals surface area contributed by atoms with E-state index < -0.39 is 0 Å². The predicted molar refractivity (Wildman–Crippen MR) is 86.4 cm³/mol. The van der Waals surface area contributed by atoms with Crippen LogP contribution < -0.4 is 4.74 Å². The quantitative estimate of drug-likeness (QED) is 0.655. The molecule has 0 saturated heterocycles. The third-order valence-electron chi connectivity index (χ3n) is 3.25. The normalized spacial score (nSPS) is 11.2. The minimum absolute atomic E-state index is 0.131. The van der Waals surface area contributed by atoms with Crippen LogP contribution in [0.2, 0.25) is 0 Å². The minimum atomic E-state index is 0.131. The summed E-state index contributed by atoms with van der Waals surface area (Å²) in [5.41, 5.74) is 1.03. The van der Waals surface area contributed by atoms with Gasteiger partial charge in [-0.3, -0.25) is 4.79 Å². The van der Waals surface area contributed by atoms with Crippen LogP contribution in [0.1, 0.15) is 23.5 Å². The molecule has 0 fully saturated rings. The fourth-order valence-corrected chi connectivity index (χ4v) is 3.02. The van der Waals surface area contributed by atoms with E-state index in [-0.39, 0.29) is 11.9 Å². The number of Topliss-reactive ketones (excluding diaryl/α,β-unsaturated/α-hetero) is 1. The Balaban J connectivity index is 1.92. The van der Waals surface area contributed by atoms with Gasteiger partial charge in [0.15, 0.2) is 5.78 Å². The average Bonchev–Trinajstić information content (AvgIpc) is 3.08. The van der Waals surface area contributed by atoms with E-state index in [1.807, 2.05) is 66.4 Å². The zero-order valence-electron chi connectivity index (χ0n) is 12.1. The summed E-state index contributed by atoms with van der Waals surface area (Å²) in [7, 11) is 0. The highest BCUT2D eigenvalue weighted by molar-refractivity contribution is 7.12. The van der Waals surface area contributed by atoms with Crippen LogP contribution in [0.15, 0.2) is 48.0 Å². The highest BCUT2D eigenvalue weighted by atomic mass is 32.1. The van der Waals surface area contributed by atoms with Gasteiger partial charge in [0.05, 0.1) is 23.0 Å². The number of thiophene rings is 1. The largest absolute Gasteiger partial charge is 0.490 e. The van der Waals surface area contributed by atoms with Gasteiger partial charge in [0.2, 0.25) is 0 Å². The van der Waals surface area contributed by atoms with Crippen LogP contribution in [0.3, 0.4) is 0 Å². The molecule has 0 bridgehead atoms. The fraction of sp³-hybridized carbons (Fsp3) is 0.235. The molecule has 108 valence electrons. The molecule has 0 N–H and O–H groups in total. The van der Waals surface area contributed by atoms with Crippen molar-refractivity contribution >= 4 is 28.0 Å². The van der Waals surface area contributed by atoms with E-state index in [4.69, 9.17) is 4.74 Å². The van der Waals surface area contributed by atoms with Crippen LogP contribution in [-0.2, 0) is 6.54 Å². The second-order valence-electron chi connectivity index (χ2n) is 5.20. The van der Waals surface area contributed by atoms with E-state index in [0.717, 1.165) is 21.5 Å². The molecule has 0 aliphatic carbocycles. The fourth-order valence-electron chi connectivity index (χ4n) is 2.36. The number of carbonyl (C=O) groups excluding carboxylic acids is 1. The standard InChI is InChI=1S/C17H17NO2S/c1-12(2)20-16-6-3-5-14-13(16)8-9-18(14)11-15(19)17-7-4-10-21-17/h3-10,12H,11H2,1-2H3. The van der Waals surface area contributed by atoms with E-state index in [0.29, 0.717) is 6.54 Å². The van der Waals surface area contributed by atoms with Crippen molar-refractivity contribution in [2.45, 2.75) is 26.5 Å². The highest BCUT2D eigenvalue weighted by Crippen LogP contribution is 2.27. The second-order valence-corrected chi connectivity index (χ2v) is 6.15. The van der Waals surface area contributed by atoms with Crippen LogP contribution in [0.25, 0.3) is 10.9 Å². The Morgan fingerprint density at radius 1 is 1.24 bits per heavy atom. The van der Waals surface area contributed by atoms with Crippen molar-refractivity contribution in [1.29, 1.82) is 0 Å². The Morgan fingerprint density at radius 3 is 2.81 bits per heavy atom. The third-order valence-corrected chi connectivity index (χ3v) is 4.16. The summed E-state index contributed by atoms with van der Waals surface area (Å²) >= 11 is 1.48. The van der Waals surface area contributed by atoms with E-state index in [2.05, 4.69) is 0 Å². The number of fused-ring (bicyclic) bond motifs is 1. The topological polar surface area (TPSA) is 31.2 Å². The van der Waals surface area contributed by atoms with Crippen molar-refractivity contribution in [3.8, 4) is 5.75 Å². The molecule has 0 amide bonds. The van der Waals surface area contributed by atoms with Gasteiger partial charge < -0.3 is 9.30 Å². The summed E-state index contributed by atoms with van der Waals surface area (Å²) in [4.78, 5) is 13.0. The number of nitrogens with zero attached hydrogens (tertiary/aromatic N) is 1. The zero-order chi connectivity index (χ0) is 14.8. The van der Waals surface area contributed by atoms with Gasteiger partial charge in [-0.25, -0.2) is 0 Å². The van der Waals surface area contributed by atoms with Crippen LogP contribution in [-0.4, -0.2) is 16.5 Å². The van der Waals surface area contributed by atoms with Gasteiger partial charge in [-0.05, 0) is 43.5 Å². The van der Waals surface area contributed by atoms with Gasteiger partial charge >= 0.3 is 0 Å². The molecule has 4 heteroatoms. The number of ether oxygens (including phenoxy) is 1. The lowest BCUT2D eigenvalue weighted by Gasteiger charge is -2.11. The maximum Gasteiger partial charge on any atom is 0.192 e. The lowest BCUT2D eigenvalue weighted by Crippen LogP contribution is -2.08. The molecular formula is C17H17NO2S. The summed E-state index contributed by atoms with van der Waals surface area (Å²) in [6, 6.07) is 11.7. The molecule has 2 heterocycles. The van der Waals surface area contributed by atoms with Gasteiger partial charge in [0.1, 0.15) is 5.75 Å². The van der Waals surface area contributed by atoms with Gasteiger partial charge in [-0.1, -0.05) is 12.1 Å². The van der Waals surface area contributed by atoms with E-state index >= 15 is 0 Å². The first kappa shape index (κ1) is 13.9. The van der Waals surface area contributed by atoms with Crippen LogP contribution in [0.4, 0.5) is 0 Å². The summed E-state index contributed by atoms with van der Waals surface area (Å²) < 4.78 is 7.80. The number of ketones is 1. The Kier molecular flexibility index (Phi) is 3.80. The van der Waals surface area contributed by atoms with Gasteiger partial charge in [0.25, 0.3) is 0 Å². The molecule has 2 aromatic heterocycles. The maximum atomic E-state index is 12.2. The number of rotatable bonds is 5. The molecule has 1 aromatic carbocycles. The second kappa shape index (κ2) is 5.74. The van der Waals surface area contributed by atoms with Crippen LogP contribution in [0, 0.1) is 0 Å². The number of hydrogen-bond donors (Lipinski definition) is 0. The lowest BCUT2D eigenvalue weighted by atomic mass is 10.2. The molecule has 0 unspecified atom stereocenters. The van der Waals surface area contributed by atoms with Crippen molar-refractivity contribution in [3.63, 3.8) is 0 Å². The first-order valence-electron chi connectivity index (χ1n) is 6.96. The van der Waals surface area contributed by atoms with E-state index in [1.54, 1.807) is 0 Å².